The summed E-state index contributed by atoms with van der Waals surface area (Å²) >= 11 is 0. The molecule has 3 atom stereocenters. The number of piperidine rings is 1. The molecule has 1 amide bonds. The third kappa shape index (κ3) is 2.84. The van der Waals surface area contributed by atoms with Gasteiger partial charge in [-0.3, -0.25) is 4.79 Å². The van der Waals surface area contributed by atoms with Gasteiger partial charge in [-0.1, -0.05) is 43.3 Å². The molecule has 1 aliphatic carbocycles. The first-order valence-corrected chi connectivity index (χ1v) is 9.69. The molecule has 0 unspecified atom stereocenters. The minimum atomic E-state index is -1.02. The van der Waals surface area contributed by atoms with Crippen LogP contribution in [0.5, 0.6) is 5.75 Å². The van der Waals surface area contributed by atoms with Gasteiger partial charge in [-0.2, -0.15) is 0 Å². The number of Topliss-reactive ketones (excluding diaryl/α,β-unsaturated/α-hetero) is 1. The third-order valence-corrected chi connectivity index (χ3v) is 6.24. The van der Waals surface area contributed by atoms with Gasteiger partial charge in [0.15, 0.2) is 5.78 Å². The first-order chi connectivity index (χ1) is 14.0. The Morgan fingerprint density at radius 1 is 1.10 bits per heavy atom. The summed E-state index contributed by atoms with van der Waals surface area (Å²) in [5, 5.41) is 0. The van der Waals surface area contributed by atoms with Gasteiger partial charge in [0, 0.05) is 18.2 Å². The van der Waals surface area contributed by atoms with E-state index in [4.69, 9.17) is 11.3 Å². The third-order valence-electron chi connectivity index (χ3n) is 6.24. The molecule has 1 aliphatic heterocycles. The van der Waals surface area contributed by atoms with E-state index in [1.165, 1.54) is 0 Å². The first kappa shape index (κ1) is 18.9. The molecule has 0 N–H and O–H groups in total. The second-order valence-corrected chi connectivity index (χ2v) is 7.58. The van der Waals surface area contributed by atoms with E-state index in [-0.39, 0.29) is 29.2 Å². The number of hydrogen-bond acceptors (Lipinski definition) is 3. The molecule has 2 aromatic rings. The van der Waals surface area contributed by atoms with Gasteiger partial charge in [0.2, 0.25) is 11.6 Å². The Morgan fingerprint density at radius 3 is 2.41 bits per heavy atom. The van der Waals surface area contributed by atoms with Crippen molar-refractivity contribution in [3.05, 3.63) is 83.4 Å². The Labute approximate surface area is 170 Å². The normalized spacial score (nSPS) is 26.4. The smallest absolute Gasteiger partial charge is 0.240 e. The van der Waals surface area contributed by atoms with E-state index in [0.717, 1.165) is 17.0 Å². The van der Waals surface area contributed by atoms with Crippen LogP contribution in [0.1, 0.15) is 18.9 Å². The molecule has 4 rings (SSSR count). The van der Waals surface area contributed by atoms with Gasteiger partial charge >= 0.3 is 0 Å². The lowest BCUT2D eigenvalue weighted by molar-refractivity contribution is -0.130. The van der Waals surface area contributed by atoms with Gasteiger partial charge in [0.05, 0.1) is 19.1 Å². The quantitative estimate of drug-likeness (QED) is 0.749. The van der Waals surface area contributed by atoms with Gasteiger partial charge in [0.1, 0.15) is 5.75 Å². The molecule has 0 radical (unpaired) electrons. The van der Waals surface area contributed by atoms with Crippen LogP contribution >= 0.6 is 0 Å². The summed E-state index contributed by atoms with van der Waals surface area (Å²) in [4.78, 5) is 31.9. The maximum atomic E-state index is 14.0. The maximum absolute atomic E-state index is 14.0. The zero-order chi connectivity index (χ0) is 20.6. The Bertz CT molecular complexity index is 1020. The number of fused-ring (bicyclic) bond motifs is 1. The minimum absolute atomic E-state index is 0.0579. The predicted octanol–water partition coefficient (Wildman–Crippen LogP) is 4.01. The van der Waals surface area contributed by atoms with Crippen LogP contribution in [0, 0.1) is 18.4 Å². The number of nitrogens with zero attached hydrogens (tertiary/aromatic N) is 2. The van der Waals surface area contributed by atoms with E-state index in [9.17, 15) is 9.59 Å². The number of hydrogen-bond donors (Lipinski definition) is 0. The van der Waals surface area contributed by atoms with Crippen LogP contribution in [-0.2, 0) is 15.0 Å². The molecular weight excluding hydrogens is 364 g/mol. The number of ketones is 1. The van der Waals surface area contributed by atoms with E-state index in [0.29, 0.717) is 13.0 Å². The Morgan fingerprint density at radius 2 is 1.79 bits per heavy atom. The number of methoxy groups -OCH3 is 1. The lowest BCUT2D eigenvalue weighted by atomic mass is 9.58. The highest BCUT2D eigenvalue weighted by Crippen LogP contribution is 2.50. The number of amides is 1. The average molecular weight is 386 g/mol. The van der Waals surface area contributed by atoms with Crippen LogP contribution in [0.4, 0.5) is 5.69 Å². The second-order valence-electron chi connectivity index (χ2n) is 7.58. The van der Waals surface area contributed by atoms with Crippen molar-refractivity contribution >= 4 is 17.4 Å². The molecule has 2 aromatic carbocycles. The summed E-state index contributed by atoms with van der Waals surface area (Å²) in [6, 6.07) is 16.9. The molecule has 1 saturated heterocycles. The highest BCUT2D eigenvalue weighted by Gasteiger charge is 2.56. The standard InChI is InChI=1S/C24H22N2O3/c1-16-20-13-14-26(18-9-11-19(29-3)12-10-18)23(28)24(20,15-21(25-2)22(16)27)17-7-5-4-6-8-17/h4-12,15-16,20H,13-14H2,1,3H3/t16-,20-,24+/m1/s1. The van der Waals surface area contributed by atoms with Crippen LogP contribution in [0.15, 0.2) is 66.4 Å². The fourth-order valence-corrected chi connectivity index (χ4v) is 4.73. The van der Waals surface area contributed by atoms with E-state index in [1.807, 2.05) is 61.5 Å². The van der Waals surface area contributed by atoms with Gasteiger partial charge in [-0.15, -0.1) is 0 Å². The second kappa shape index (κ2) is 7.21. The molecule has 2 aliphatic rings. The van der Waals surface area contributed by atoms with Crippen LogP contribution in [0.2, 0.25) is 0 Å². The van der Waals surface area contributed by atoms with Crippen LogP contribution in [0.25, 0.3) is 4.85 Å². The van der Waals surface area contributed by atoms with Gasteiger partial charge in [-0.25, -0.2) is 4.85 Å². The van der Waals surface area contributed by atoms with Crippen LogP contribution in [0.3, 0.4) is 0 Å². The number of carbonyl (C=O) groups excluding carboxylic acids is 2. The number of allylic oxidation sites excluding steroid dienone is 1. The monoisotopic (exact) mass is 386 g/mol. The zero-order valence-electron chi connectivity index (χ0n) is 16.5. The van der Waals surface area contributed by atoms with Gasteiger partial charge in [-0.05, 0) is 42.2 Å². The molecule has 0 bridgehead atoms. The average Bonchev–Trinajstić information content (AvgIpc) is 2.77. The van der Waals surface area contributed by atoms with E-state index in [1.54, 1.807) is 18.1 Å². The van der Waals surface area contributed by atoms with Crippen LogP contribution < -0.4 is 9.64 Å². The molecule has 1 heterocycles. The highest BCUT2D eigenvalue weighted by molar-refractivity contribution is 6.09. The number of anilines is 1. The molecule has 0 aromatic heterocycles. The number of benzene rings is 2. The van der Waals surface area contributed by atoms with Crippen molar-refractivity contribution in [3.63, 3.8) is 0 Å². The molecule has 0 spiro atoms. The molecule has 29 heavy (non-hydrogen) atoms. The minimum Gasteiger partial charge on any atom is -0.497 e. The van der Waals surface area contributed by atoms with E-state index in [2.05, 4.69) is 4.85 Å². The number of rotatable bonds is 3. The first-order valence-electron chi connectivity index (χ1n) is 9.69. The fraction of sp³-hybridized carbons (Fsp3) is 0.292. The lowest BCUT2D eigenvalue weighted by Crippen LogP contribution is -2.59. The van der Waals surface area contributed by atoms with E-state index >= 15 is 0 Å². The molecule has 5 nitrogen and oxygen atoms in total. The molecule has 0 saturated carbocycles. The molecule has 146 valence electrons. The van der Waals surface area contributed by atoms with Crippen molar-refractivity contribution in [2.75, 3.05) is 18.6 Å². The fourth-order valence-electron chi connectivity index (χ4n) is 4.73. The number of carbonyl (C=O) groups is 2. The highest BCUT2D eigenvalue weighted by atomic mass is 16.5. The largest absolute Gasteiger partial charge is 0.497 e. The molecular formula is C24H22N2O3. The zero-order valence-corrected chi connectivity index (χ0v) is 16.5. The predicted molar refractivity (Wildman–Crippen MR) is 110 cm³/mol. The topological polar surface area (TPSA) is 51.0 Å². The summed E-state index contributed by atoms with van der Waals surface area (Å²) in [7, 11) is 1.60. The summed E-state index contributed by atoms with van der Waals surface area (Å²) in [6.45, 7) is 9.87. The Balaban J connectivity index is 1.89. The SMILES string of the molecule is [C-]#[N+]C1=C[C@@]2(c3ccccc3)C(=O)N(c3ccc(OC)cc3)CC[C@@H]2[C@@H](C)C1=O. The van der Waals surface area contributed by atoms with E-state index < -0.39 is 5.41 Å². The van der Waals surface area contributed by atoms with Crippen molar-refractivity contribution in [2.45, 2.75) is 18.8 Å². The van der Waals surface area contributed by atoms with Crippen molar-refractivity contribution in [3.8, 4) is 5.75 Å². The molecule has 5 heteroatoms. The summed E-state index contributed by atoms with van der Waals surface area (Å²) in [6.07, 6.45) is 2.31. The maximum Gasteiger partial charge on any atom is 0.240 e. The summed E-state index contributed by atoms with van der Waals surface area (Å²) in [5.74, 6) is -0.0926. The summed E-state index contributed by atoms with van der Waals surface area (Å²) < 4.78 is 5.23. The van der Waals surface area contributed by atoms with Crippen molar-refractivity contribution in [1.82, 2.24) is 0 Å². The van der Waals surface area contributed by atoms with Gasteiger partial charge < -0.3 is 14.4 Å². The van der Waals surface area contributed by atoms with Gasteiger partial charge in [0.25, 0.3) is 0 Å². The van der Waals surface area contributed by atoms with Crippen molar-refractivity contribution in [1.29, 1.82) is 0 Å². The van der Waals surface area contributed by atoms with Crippen LogP contribution in [-0.4, -0.2) is 25.3 Å². The Kier molecular flexibility index (Phi) is 4.71. The molecule has 1 fully saturated rings. The number of ether oxygens (including phenoxy) is 1. The lowest BCUT2D eigenvalue weighted by Gasteiger charge is -2.50. The van der Waals surface area contributed by atoms with Crippen molar-refractivity contribution in [2.24, 2.45) is 11.8 Å². The van der Waals surface area contributed by atoms with Crippen molar-refractivity contribution < 1.29 is 14.3 Å². The summed E-state index contributed by atoms with van der Waals surface area (Å²) in [5.41, 5.74) is 0.648. The Hall–Kier alpha value is -3.39.